The molecule has 3 aromatic rings. The number of rotatable bonds is 4. The fourth-order valence-corrected chi connectivity index (χ4v) is 3.24. The average Bonchev–Trinajstić information content (AvgIpc) is 2.98. The summed E-state index contributed by atoms with van der Waals surface area (Å²) in [6, 6.07) is 4.16. The van der Waals surface area contributed by atoms with E-state index in [1.807, 2.05) is 6.07 Å². The van der Waals surface area contributed by atoms with E-state index in [9.17, 15) is 17.4 Å². The van der Waals surface area contributed by atoms with Crippen molar-refractivity contribution in [3.8, 4) is 23.3 Å². The van der Waals surface area contributed by atoms with Crippen LogP contribution in [0.5, 0.6) is 5.75 Å². The van der Waals surface area contributed by atoms with Gasteiger partial charge in [-0.1, -0.05) is 4.90 Å². The number of pyridine rings is 2. The zero-order chi connectivity index (χ0) is 22.4. The van der Waals surface area contributed by atoms with Gasteiger partial charge in [-0.05, 0) is 32.9 Å². The Balaban J connectivity index is 2.22. The Morgan fingerprint density at radius 1 is 1.27 bits per heavy atom. The summed E-state index contributed by atoms with van der Waals surface area (Å²) >= 11 is 0. The van der Waals surface area contributed by atoms with Crippen molar-refractivity contribution in [3.05, 3.63) is 29.6 Å². The minimum Gasteiger partial charge on any atom is -0.471 e. The van der Waals surface area contributed by atoms with Crippen LogP contribution in [0.2, 0.25) is 0 Å². The average molecular weight is 437 g/mol. The van der Waals surface area contributed by atoms with Gasteiger partial charge in [-0.2, -0.15) is 29.0 Å². The third-order valence-corrected chi connectivity index (χ3v) is 4.92. The Morgan fingerprint density at radius 3 is 2.50 bits per heavy atom. The molecular formula is C18H16F3N6O2S-. The van der Waals surface area contributed by atoms with Gasteiger partial charge >= 0.3 is 6.18 Å². The number of hydrogen-bond donors (Lipinski definition) is 1. The van der Waals surface area contributed by atoms with E-state index in [0.29, 0.717) is 11.9 Å². The Bertz CT molecular complexity index is 1260. The summed E-state index contributed by atoms with van der Waals surface area (Å²) in [5.41, 5.74) is -1.60. The van der Waals surface area contributed by atoms with Crippen molar-refractivity contribution < 1.29 is 22.1 Å². The van der Waals surface area contributed by atoms with Crippen LogP contribution in [0.25, 0.3) is 22.7 Å². The first-order valence-corrected chi connectivity index (χ1v) is 9.64. The molecule has 0 aliphatic heterocycles. The number of imidazole rings is 1. The van der Waals surface area contributed by atoms with Gasteiger partial charge in [0.05, 0.1) is 17.0 Å². The fourth-order valence-electron chi connectivity index (χ4n) is 2.72. The number of ether oxygens (including phenoxy) is 1. The molecule has 0 amide bonds. The van der Waals surface area contributed by atoms with Crippen LogP contribution in [0.4, 0.5) is 13.2 Å². The molecule has 30 heavy (non-hydrogen) atoms. The van der Waals surface area contributed by atoms with Gasteiger partial charge in [0.25, 0.3) is 0 Å². The van der Waals surface area contributed by atoms with Crippen molar-refractivity contribution in [1.82, 2.24) is 19.5 Å². The Hall–Kier alpha value is -3.20. The Labute approximate surface area is 171 Å². The maximum atomic E-state index is 13.0. The smallest absolute Gasteiger partial charge is 0.417 e. The van der Waals surface area contributed by atoms with Gasteiger partial charge in [0, 0.05) is 13.2 Å². The first kappa shape index (κ1) is 21.5. The quantitative estimate of drug-likeness (QED) is 0.614. The molecule has 1 N–H and O–H groups in total. The highest BCUT2D eigenvalue weighted by molar-refractivity contribution is 7.73. The highest BCUT2D eigenvalue weighted by Crippen LogP contribution is 2.34. The second kappa shape index (κ2) is 7.24. The van der Waals surface area contributed by atoms with Crippen LogP contribution < -0.4 is 4.74 Å². The number of nitrogens with one attached hydrogen (secondary N) is 1. The number of aryl methyl sites for hydroxylation is 2. The summed E-state index contributed by atoms with van der Waals surface area (Å²) in [6.07, 6.45) is -3.87. The van der Waals surface area contributed by atoms with E-state index in [-0.39, 0.29) is 33.3 Å². The molecule has 3 heterocycles. The number of nitrogens with zero attached hydrogens (tertiary/aromatic N) is 5. The zero-order valence-corrected chi connectivity index (χ0v) is 17.1. The fraction of sp³-hybridized carbons (Fsp3) is 0.333. The molecule has 0 aromatic carbocycles. The summed E-state index contributed by atoms with van der Waals surface area (Å²) in [7, 11) is -0.738. The summed E-state index contributed by atoms with van der Waals surface area (Å²) < 4.78 is 65.7. The molecule has 0 unspecified atom stereocenters. The standard InChI is InChI=1S/C18H16F3N6O2S/c1-9-12(29-17(2,3)8-22)6-13(30(23)28)14(25-9)16-26-11-5-10(18(19,20)21)7-24-15(11)27(16)4/h5-7,23H,1-4H3/q-1. The number of nitriles is 1. The second-order valence-electron chi connectivity index (χ2n) is 6.97. The summed E-state index contributed by atoms with van der Waals surface area (Å²) in [5, 5.41) is 9.16. The van der Waals surface area contributed by atoms with Crippen LogP contribution in [0, 0.1) is 23.0 Å². The zero-order valence-electron chi connectivity index (χ0n) is 16.3. The summed E-state index contributed by atoms with van der Waals surface area (Å²) in [6.45, 7) is 4.66. The predicted molar refractivity (Wildman–Crippen MR) is 101 cm³/mol. The molecule has 3 rings (SSSR count). The SMILES string of the molecule is Cc1nc(-c2nc3cc(C(F)(F)F)cnc3n2C)c([S-](=N)=O)cc1OC(C)(C)C#N. The number of hydrogen-bond acceptors (Lipinski definition) is 8. The number of halogens is 3. The lowest BCUT2D eigenvalue weighted by Gasteiger charge is -2.22. The van der Waals surface area contributed by atoms with Gasteiger partial charge in [0.2, 0.25) is 0 Å². The molecule has 158 valence electrons. The minimum absolute atomic E-state index is 0.0190. The largest absolute Gasteiger partial charge is 0.471 e. The van der Waals surface area contributed by atoms with Gasteiger partial charge in [-0.25, -0.2) is 15.0 Å². The number of alkyl halides is 3. The van der Waals surface area contributed by atoms with Gasteiger partial charge in [-0.3, -0.25) is 0 Å². The monoisotopic (exact) mass is 437 g/mol. The lowest BCUT2D eigenvalue weighted by Crippen LogP contribution is -2.26. The second-order valence-corrected chi connectivity index (χ2v) is 7.95. The number of fused-ring (bicyclic) bond motifs is 1. The van der Waals surface area contributed by atoms with E-state index in [2.05, 4.69) is 15.0 Å². The van der Waals surface area contributed by atoms with E-state index in [1.54, 1.807) is 6.92 Å². The minimum atomic E-state index is -4.58. The lowest BCUT2D eigenvalue weighted by atomic mass is 10.1. The molecule has 0 bridgehead atoms. The van der Waals surface area contributed by atoms with Gasteiger partial charge < -0.3 is 18.3 Å². The van der Waals surface area contributed by atoms with Crippen molar-refractivity contribution >= 4 is 21.8 Å². The highest BCUT2D eigenvalue weighted by atomic mass is 32.2. The molecule has 3 aromatic heterocycles. The van der Waals surface area contributed by atoms with Crippen LogP contribution >= 0.6 is 0 Å². The first-order chi connectivity index (χ1) is 13.8. The van der Waals surface area contributed by atoms with Gasteiger partial charge in [-0.15, -0.1) is 0 Å². The van der Waals surface area contributed by atoms with Crippen LogP contribution in [-0.4, -0.2) is 25.1 Å². The van der Waals surface area contributed by atoms with Gasteiger partial charge in [0.15, 0.2) is 17.1 Å². The molecule has 0 aliphatic rings. The molecule has 0 fully saturated rings. The topological polar surface area (TPSA) is 118 Å². The van der Waals surface area contributed by atoms with E-state index in [4.69, 9.17) is 14.8 Å². The van der Waals surface area contributed by atoms with Crippen molar-refractivity contribution in [2.75, 3.05) is 0 Å². The maximum Gasteiger partial charge on any atom is 0.417 e. The van der Waals surface area contributed by atoms with Crippen molar-refractivity contribution in [3.63, 3.8) is 0 Å². The summed E-state index contributed by atoms with van der Waals surface area (Å²) in [4.78, 5) is 12.3. The lowest BCUT2D eigenvalue weighted by molar-refractivity contribution is -0.137. The normalized spacial score (nSPS) is 12.4. The van der Waals surface area contributed by atoms with E-state index in [0.717, 1.165) is 6.07 Å². The molecule has 0 saturated heterocycles. The Kier molecular flexibility index (Phi) is 5.19. The van der Waals surface area contributed by atoms with E-state index >= 15 is 0 Å². The Morgan fingerprint density at radius 2 is 1.93 bits per heavy atom. The predicted octanol–water partition coefficient (Wildman–Crippen LogP) is 4.12. The van der Waals surface area contributed by atoms with Crippen LogP contribution in [-0.2, 0) is 28.0 Å². The van der Waals surface area contributed by atoms with Crippen molar-refractivity contribution in [1.29, 1.82) is 10.0 Å². The van der Waals surface area contributed by atoms with E-state index < -0.39 is 27.9 Å². The molecule has 0 atom stereocenters. The van der Waals surface area contributed by atoms with Crippen LogP contribution in [0.3, 0.4) is 0 Å². The molecule has 0 saturated carbocycles. The maximum absolute atomic E-state index is 13.0. The van der Waals surface area contributed by atoms with Crippen LogP contribution in [0.1, 0.15) is 25.1 Å². The van der Waals surface area contributed by atoms with Gasteiger partial charge in [0.1, 0.15) is 17.3 Å². The third-order valence-electron chi connectivity index (χ3n) is 4.21. The van der Waals surface area contributed by atoms with Crippen LogP contribution in [0.15, 0.2) is 23.2 Å². The molecule has 0 aliphatic carbocycles. The molecule has 0 radical (unpaired) electrons. The third kappa shape index (κ3) is 3.93. The van der Waals surface area contributed by atoms with E-state index in [1.165, 1.54) is 31.5 Å². The molecule has 0 spiro atoms. The molecule has 12 heteroatoms. The molecular weight excluding hydrogens is 421 g/mol. The van der Waals surface area contributed by atoms with Crippen molar-refractivity contribution in [2.45, 2.75) is 37.4 Å². The summed E-state index contributed by atoms with van der Waals surface area (Å²) in [5.74, 6) is 0.263. The highest BCUT2D eigenvalue weighted by Gasteiger charge is 2.32. The molecule has 8 nitrogen and oxygen atoms in total. The van der Waals surface area contributed by atoms with Crippen molar-refractivity contribution in [2.24, 2.45) is 7.05 Å². The number of aromatic nitrogens is 4. The first-order valence-electron chi connectivity index (χ1n) is 8.49.